The second-order valence-electron chi connectivity index (χ2n) is 6.91. The van der Waals surface area contributed by atoms with Crippen molar-refractivity contribution in [2.24, 2.45) is 0 Å². The molecule has 0 radical (unpaired) electrons. The highest BCUT2D eigenvalue weighted by molar-refractivity contribution is 6.30. The zero-order valence-corrected chi connectivity index (χ0v) is 16.7. The third-order valence-corrected chi connectivity index (χ3v) is 4.73. The van der Waals surface area contributed by atoms with Gasteiger partial charge in [-0.2, -0.15) is 0 Å². The van der Waals surface area contributed by atoms with Gasteiger partial charge in [0.05, 0.1) is 36.3 Å². The maximum atomic E-state index is 12.1. The molecule has 0 aliphatic rings. The molecule has 0 saturated heterocycles. The monoisotopic (exact) mass is 401 g/mol. The van der Waals surface area contributed by atoms with Crippen molar-refractivity contribution in [1.29, 1.82) is 0 Å². The summed E-state index contributed by atoms with van der Waals surface area (Å²) < 4.78 is 5.76. The van der Waals surface area contributed by atoms with Gasteiger partial charge in [0, 0.05) is 11.6 Å². The van der Waals surface area contributed by atoms with Gasteiger partial charge >= 0.3 is 0 Å². The van der Waals surface area contributed by atoms with Crippen LogP contribution in [0.15, 0.2) is 53.3 Å². The number of nitrogens with one attached hydrogen (secondary N) is 1. The van der Waals surface area contributed by atoms with Crippen molar-refractivity contribution in [2.45, 2.75) is 25.7 Å². The molecular weight excluding hydrogens is 378 g/mol. The number of hydrogen-bond acceptors (Lipinski definition) is 5. The number of aliphatic hydroxyl groups is 1. The minimum Gasteiger partial charge on any atom is -0.389 e. The number of halogens is 1. The number of aromatic nitrogens is 2. The fraction of sp³-hybridized carbons (Fsp3) is 0.333. The Balaban J connectivity index is 1.52. The Morgan fingerprint density at radius 1 is 1.21 bits per heavy atom. The van der Waals surface area contributed by atoms with Crippen molar-refractivity contribution >= 4 is 22.5 Å². The Hall–Kier alpha value is -2.25. The van der Waals surface area contributed by atoms with Gasteiger partial charge < -0.3 is 14.8 Å². The van der Waals surface area contributed by atoms with E-state index < -0.39 is 6.10 Å². The number of benzene rings is 2. The second kappa shape index (κ2) is 9.30. The van der Waals surface area contributed by atoms with E-state index >= 15 is 0 Å². The molecule has 0 aliphatic heterocycles. The lowest BCUT2D eigenvalue weighted by molar-refractivity contribution is -0.0140. The third-order valence-electron chi connectivity index (χ3n) is 4.48. The highest BCUT2D eigenvalue weighted by atomic mass is 35.5. The molecule has 6 nitrogen and oxygen atoms in total. The minimum atomic E-state index is -0.660. The van der Waals surface area contributed by atoms with E-state index in [1.54, 1.807) is 6.07 Å². The Labute approximate surface area is 168 Å². The number of aliphatic hydroxyl groups excluding tert-OH is 1. The van der Waals surface area contributed by atoms with Gasteiger partial charge in [-0.25, -0.2) is 4.98 Å². The van der Waals surface area contributed by atoms with Crippen LogP contribution >= 0.6 is 11.6 Å². The Morgan fingerprint density at radius 2 is 1.93 bits per heavy atom. The Bertz CT molecular complexity index is 975. The summed E-state index contributed by atoms with van der Waals surface area (Å²) in [6.07, 6.45) is -0.803. The summed E-state index contributed by atoms with van der Waals surface area (Å²) in [7, 11) is 1.86. The number of ether oxygens (including phenoxy) is 1. The molecular formula is C21H24ClN3O3. The molecule has 0 aliphatic carbocycles. The van der Waals surface area contributed by atoms with Gasteiger partial charge in [-0.05, 0) is 43.8 Å². The number of para-hydroxylation sites is 1. The molecule has 0 amide bonds. The van der Waals surface area contributed by atoms with E-state index in [4.69, 9.17) is 16.3 Å². The van der Waals surface area contributed by atoms with Crippen LogP contribution in [0.1, 0.15) is 24.4 Å². The van der Waals surface area contributed by atoms with Crippen molar-refractivity contribution in [3.63, 3.8) is 0 Å². The molecule has 2 atom stereocenters. The Kier molecular flexibility index (Phi) is 6.80. The minimum absolute atomic E-state index is 0.143. The molecule has 3 rings (SSSR count). The zero-order valence-electron chi connectivity index (χ0n) is 15.9. The summed E-state index contributed by atoms with van der Waals surface area (Å²) in [5, 5.41) is 11.5. The fourth-order valence-corrected chi connectivity index (χ4v) is 3.15. The van der Waals surface area contributed by atoms with Crippen LogP contribution in [0, 0.1) is 0 Å². The van der Waals surface area contributed by atoms with Crippen molar-refractivity contribution in [3.05, 3.63) is 75.3 Å². The summed E-state index contributed by atoms with van der Waals surface area (Å²) >= 11 is 5.90. The summed E-state index contributed by atoms with van der Waals surface area (Å²) in [6, 6.07) is 14.7. The number of rotatable bonds is 8. The molecule has 1 heterocycles. The maximum absolute atomic E-state index is 12.1. The predicted molar refractivity (Wildman–Crippen MR) is 111 cm³/mol. The van der Waals surface area contributed by atoms with E-state index in [9.17, 15) is 9.90 Å². The first-order chi connectivity index (χ1) is 13.4. The van der Waals surface area contributed by atoms with E-state index in [1.807, 2.05) is 61.3 Å². The Morgan fingerprint density at radius 3 is 2.68 bits per heavy atom. The van der Waals surface area contributed by atoms with Crippen LogP contribution in [0.2, 0.25) is 5.02 Å². The van der Waals surface area contributed by atoms with Crippen molar-refractivity contribution in [1.82, 2.24) is 14.9 Å². The number of aromatic amines is 1. The summed E-state index contributed by atoms with van der Waals surface area (Å²) in [4.78, 5) is 21.3. The molecule has 2 N–H and O–H groups in total. The largest absolute Gasteiger partial charge is 0.389 e. The van der Waals surface area contributed by atoms with Gasteiger partial charge in [0.15, 0.2) is 0 Å². The number of hydrogen-bond donors (Lipinski definition) is 2. The molecule has 28 heavy (non-hydrogen) atoms. The van der Waals surface area contributed by atoms with Crippen LogP contribution in [-0.4, -0.2) is 46.3 Å². The number of H-pyrrole nitrogens is 1. The van der Waals surface area contributed by atoms with Gasteiger partial charge in [0.2, 0.25) is 0 Å². The molecule has 0 bridgehead atoms. The average molecular weight is 402 g/mol. The maximum Gasteiger partial charge on any atom is 0.258 e. The first-order valence-electron chi connectivity index (χ1n) is 9.14. The van der Waals surface area contributed by atoms with E-state index in [1.165, 1.54) is 0 Å². The third kappa shape index (κ3) is 5.39. The topological polar surface area (TPSA) is 78.5 Å². The molecule has 2 aromatic carbocycles. The lowest BCUT2D eigenvalue weighted by Crippen LogP contribution is -2.33. The zero-order chi connectivity index (χ0) is 20.1. The molecule has 0 unspecified atom stereocenters. The van der Waals surface area contributed by atoms with E-state index in [2.05, 4.69) is 9.97 Å². The number of likely N-dealkylation sites (N-methyl/N-ethyl adjacent to an activating group) is 1. The fourth-order valence-electron chi connectivity index (χ4n) is 3.03. The van der Waals surface area contributed by atoms with Crippen molar-refractivity contribution in [3.8, 4) is 0 Å². The van der Waals surface area contributed by atoms with Crippen LogP contribution < -0.4 is 5.56 Å². The smallest absolute Gasteiger partial charge is 0.258 e. The van der Waals surface area contributed by atoms with Crippen LogP contribution in [0.5, 0.6) is 0 Å². The molecule has 0 fully saturated rings. The number of fused-ring (bicyclic) bond motifs is 1. The first-order valence-corrected chi connectivity index (χ1v) is 9.52. The van der Waals surface area contributed by atoms with Crippen LogP contribution in [-0.2, 0) is 11.3 Å². The quantitative estimate of drug-likeness (QED) is 0.606. The van der Waals surface area contributed by atoms with Gasteiger partial charge in [-0.3, -0.25) is 9.69 Å². The van der Waals surface area contributed by atoms with Crippen LogP contribution in [0.4, 0.5) is 0 Å². The molecule has 3 aromatic rings. The van der Waals surface area contributed by atoms with Gasteiger partial charge in [0.25, 0.3) is 5.56 Å². The van der Waals surface area contributed by atoms with Crippen molar-refractivity contribution < 1.29 is 9.84 Å². The standard InChI is InChI=1S/C21H24ClN3O3/c1-14(15-7-9-16(22)10-8-15)28-13-17(26)11-25(2)12-20-23-19-6-4-3-5-18(19)21(27)24-20/h3-10,14,17,26H,11-13H2,1-2H3,(H,23,24,27)/t14-,17+/m0/s1. The highest BCUT2D eigenvalue weighted by Crippen LogP contribution is 2.19. The van der Waals surface area contributed by atoms with Crippen LogP contribution in [0.3, 0.4) is 0 Å². The molecule has 0 spiro atoms. The number of nitrogens with zero attached hydrogens (tertiary/aromatic N) is 2. The lowest BCUT2D eigenvalue weighted by Gasteiger charge is -2.22. The van der Waals surface area contributed by atoms with E-state index in [0.29, 0.717) is 34.8 Å². The van der Waals surface area contributed by atoms with E-state index in [0.717, 1.165) is 5.56 Å². The summed E-state index contributed by atoms with van der Waals surface area (Å²) in [5.74, 6) is 0.564. The molecule has 1 aromatic heterocycles. The average Bonchev–Trinajstić information content (AvgIpc) is 2.66. The predicted octanol–water partition coefficient (Wildman–Crippen LogP) is 3.15. The van der Waals surface area contributed by atoms with Crippen molar-refractivity contribution in [2.75, 3.05) is 20.2 Å². The van der Waals surface area contributed by atoms with E-state index in [-0.39, 0.29) is 18.3 Å². The van der Waals surface area contributed by atoms with Crippen LogP contribution in [0.25, 0.3) is 10.9 Å². The van der Waals surface area contributed by atoms with Gasteiger partial charge in [0.1, 0.15) is 5.82 Å². The highest BCUT2D eigenvalue weighted by Gasteiger charge is 2.13. The SMILES string of the molecule is C[C@H](OC[C@H](O)CN(C)Cc1nc2ccccc2c(=O)[nH]1)c1ccc(Cl)cc1. The molecule has 7 heteroatoms. The summed E-state index contributed by atoms with van der Waals surface area (Å²) in [6.45, 7) is 2.95. The van der Waals surface area contributed by atoms with Gasteiger partial charge in [-0.1, -0.05) is 35.9 Å². The molecule has 148 valence electrons. The first kappa shape index (κ1) is 20.5. The second-order valence-corrected chi connectivity index (χ2v) is 7.34. The normalized spacial score (nSPS) is 13.8. The van der Waals surface area contributed by atoms with Gasteiger partial charge in [-0.15, -0.1) is 0 Å². The summed E-state index contributed by atoms with van der Waals surface area (Å²) in [5.41, 5.74) is 1.51. The molecule has 0 saturated carbocycles. The lowest BCUT2D eigenvalue weighted by atomic mass is 10.1.